The summed E-state index contributed by atoms with van der Waals surface area (Å²) in [6, 6.07) is 9.62. The number of methoxy groups -OCH3 is 2. The van der Waals surface area contributed by atoms with Crippen molar-refractivity contribution in [1.82, 2.24) is 20.9 Å². The summed E-state index contributed by atoms with van der Waals surface area (Å²) < 4.78 is 60.0. The molecule has 0 spiro atoms. The van der Waals surface area contributed by atoms with Crippen molar-refractivity contribution in [1.29, 1.82) is 0 Å². The number of benzene rings is 3. The molecule has 2 aliphatic heterocycles. The molecule has 3 N–H and O–H groups in total. The second-order valence-corrected chi connectivity index (χ2v) is 10.9. The van der Waals surface area contributed by atoms with Crippen molar-refractivity contribution in [2.45, 2.75) is 45.2 Å². The quantitative estimate of drug-likeness (QED) is 0.373. The van der Waals surface area contributed by atoms with Gasteiger partial charge in [0.15, 0.2) is 40.4 Å². The predicted molar refractivity (Wildman–Crippen MR) is 169 cm³/mol. The minimum Gasteiger partial charge on any atom is -0.493 e. The summed E-state index contributed by atoms with van der Waals surface area (Å²) in [4.78, 5) is 53.3. The van der Waals surface area contributed by atoms with Gasteiger partial charge in [0.2, 0.25) is 11.8 Å². The molecule has 48 heavy (non-hydrogen) atoms. The van der Waals surface area contributed by atoms with Crippen LogP contribution in [0.4, 0.5) is 13.2 Å². The fourth-order valence-corrected chi connectivity index (χ4v) is 5.06. The van der Waals surface area contributed by atoms with Gasteiger partial charge in [-0.25, -0.2) is 13.2 Å². The zero-order valence-corrected chi connectivity index (χ0v) is 26.8. The Morgan fingerprint density at radius 3 is 2.40 bits per heavy atom. The number of ether oxygens (including phenoxy) is 3. The highest BCUT2D eigenvalue weighted by Crippen LogP contribution is 2.34. The van der Waals surface area contributed by atoms with Crippen LogP contribution in [-0.2, 0) is 16.1 Å². The smallest absolute Gasteiger partial charge is 0.256 e. The molecule has 0 unspecified atom stereocenters. The molecule has 3 aromatic carbocycles. The maximum atomic E-state index is 15.0. The zero-order valence-electron chi connectivity index (χ0n) is 26.8. The molecular formula is C34H37F3N4O7. The molecule has 256 valence electrons. The summed E-state index contributed by atoms with van der Waals surface area (Å²) in [5, 5.41) is 8.10. The topological polar surface area (TPSA) is 135 Å². The number of hydrogen-bond donors (Lipinski definition) is 3. The number of nitrogens with one attached hydrogen (secondary N) is 3. The Morgan fingerprint density at radius 1 is 0.917 bits per heavy atom. The highest BCUT2D eigenvalue weighted by Gasteiger charge is 2.25. The van der Waals surface area contributed by atoms with Crippen LogP contribution in [0.2, 0.25) is 0 Å². The van der Waals surface area contributed by atoms with Crippen molar-refractivity contribution < 1.29 is 46.6 Å². The number of nitrogens with zero attached hydrogens (tertiary/aromatic N) is 1. The van der Waals surface area contributed by atoms with Gasteiger partial charge in [-0.1, -0.05) is 13.0 Å². The van der Waals surface area contributed by atoms with E-state index in [4.69, 9.17) is 14.2 Å². The van der Waals surface area contributed by atoms with Gasteiger partial charge in [-0.2, -0.15) is 0 Å². The Kier molecular flexibility index (Phi) is 12.2. The second-order valence-electron chi connectivity index (χ2n) is 10.9. The molecule has 5 rings (SSSR count). The lowest BCUT2D eigenvalue weighted by molar-refractivity contribution is -0.129. The minimum absolute atomic E-state index is 0.0168. The Bertz CT molecular complexity index is 1670. The Balaban J connectivity index is 1.59. The Morgan fingerprint density at radius 2 is 1.69 bits per heavy atom. The molecular weight excluding hydrogens is 633 g/mol. The van der Waals surface area contributed by atoms with E-state index in [1.165, 1.54) is 42.3 Å². The molecule has 0 saturated heterocycles. The van der Waals surface area contributed by atoms with Crippen LogP contribution in [0, 0.1) is 17.5 Å². The van der Waals surface area contributed by atoms with Crippen LogP contribution in [0.15, 0.2) is 48.5 Å². The zero-order chi connectivity index (χ0) is 34.8. The van der Waals surface area contributed by atoms with Gasteiger partial charge in [-0.05, 0) is 67.3 Å². The average Bonchev–Trinajstić information content (AvgIpc) is 3.07. The lowest BCUT2D eigenvalue weighted by Gasteiger charge is -2.24. The number of carbonyl (C=O) groups is 4. The van der Waals surface area contributed by atoms with Crippen molar-refractivity contribution in [3.8, 4) is 23.0 Å². The molecule has 14 heteroatoms. The summed E-state index contributed by atoms with van der Waals surface area (Å²) in [6.45, 7) is 1.86. The molecule has 0 radical (unpaired) electrons. The fourth-order valence-electron chi connectivity index (χ4n) is 5.06. The summed E-state index contributed by atoms with van der Waals surface area (Å²) in [7, 11) is 2.48. The highest BCUT2D eigenvalue weighted by molar-refractivity contribution is 5.95. The number of carbonyl (C=O) groups excluding carboxylic acids is 4. The number of rotatable bonds is 4. The lowest BCUT2D eigenvalue weighted by Crippen LogP contribution is -2.46. The van der Waals surface area contributed by atoms with Crippen LogP contribution in [0.3, 0.4) is 0 Å². The van der Waals surface area contributed by atoms with Crippen molar-refractivity contribution in [3.05, 3.63) is 82.7 Å². The normalized spacial score (nSPS) is 16.7. The number of amides is 4. The van der Waals surface area contributed by atoms with E-state index in [1.807, 2.05) is 0 Å². The molecule has 0 aliphatic carbocycles. The third-order valence-electron chi connectivity index (χ3n) is 7.66. The molecule has 3 aromatic rings. The average molecular weight is 671 g/mol. The molecule has 2 aliphatic rings. The first-order valence-electron chi connectivity index (χ1n) is 15.4. The van der Waals surface area contributed by atoms with Crippen molar-refractivity contribution in [2.24, 2.45) is 0 Å². The first-order chi connectivity index (χ1) is 23.1. The number of hydrogen-bond acceptors (Lipinski definition) is 7. The van der Waals surface area contributed by atoms with Crippen molar-refractivity contribution in [2.75, 3.05) is 33.9 Å². The SMILES string of the molecule is CC[C@@H]1NC(=O)CCCN(C(=O)c2ccc(F)c(OC)c2F)CCCNC(=O)c2ccc(OC)c(c2)Oc2ccc(cc2F)CNC1=O. The van der Waals surface area contributed by atoms with E-state index in [9.17, 15) is 23.6 Å². The molecule has 4 amide bonds. The van der Waals surface area contributed by atoms with Crippen LogP contribution in [-0.4, -0.2) is 68.4 Å². The van der Waals surface area contributed by atoms with E-state index in [0.29, 0.717) is 5.56 Å². The molecule has 0 fully saturated rings. The molecule has 1 atom stereocenters. The third-order valence-corrected chi connectivity index (χ3v) is 7.66. The van der Waals surface area contributed by atoms with E-state index in [0.717, 1.165) is 19.2 Å². The molecule has 4 bridgehead atoms. The molecule has 0 saturated carbocycles. The van der Waals surface area contributed by atoms with Gasteiger partial charge in [-0.3, -0.25) is 19.2 Å². The second kappa shape index (κ2) is 16.5. The summed E-state index contributed by atoms with van der Waals surface area (Å²) in [6.07, 6.45) is 0.606. The molecule has 2 heterocycles. The third kappa shape index (κ3) is 8.75. The van der Waals surface area contributed by atoms with Gasteiger partial charge in [0.25, 0.3) is 11.8 Å². The minimum atomic E-state index is -1.16. The van der Waals surface area contributed by atoms with Crippen LogP contribution in [0.1, 0.15) is 58.9 Å². The Labute approximate surface area is 275 Å². The van der Waals surface area contributed by atoms with E-state index in [1.54, 1.807) is 13.0 Å². The van der Waals surface area contributed by atoms with Crippen LogP contribution in [0.5, 0.6) is 23.0 Å². The first-order valence-corrected chi connectivity index (χ1v) is 15.4. The number of halogens is 3. The predicted octanol–water partition coefficient (Wildman–Crippen LogP) is 4.48. The summed E-state index contributed by atoms with van der Waals surface area (Å²) in [5.74, 6) is -5.52. The standard InChI is InChI=1S/C34H37F3N4O7/c1-4-25-33(44)39-19-20-8-12-26(24(36)17-20)48-28-18-21(9-13-27(28)46-2)32(43)38-14-6-16-41(15-5-7-29(42)40-25)34(45)22-10-11-23(35)31(47-3)30(22)37/h8-13,17-18,25H,4-7,14-16,19H2,1-3H3,(H,38,43)(H,39,44)(H,40,42)/t25-/m0/s1. The van der Waals surface area contributed by atoms with Crippen LogP contribution >= 0.6 is 0 Å². The van der Waals surface area contributed by atoms with Gasteiger partial charge >= 0.3 is 0 Å². The fraction of sp³-hybridized carbons (Fsp3) is 0.353. The highest BCUT2D eigenvalue weighted by atomic mass is 19.1. The van der Waals surface area contributed by atoms with Crippen LogP contribution in [0.25, 0.3) is 0 Å². The van der Waals surface area contributed by atoms with Gasteiger partial charge in [0.05, 0.1) is 19.8 Å². The lowest BCUT2D eigenvalue weighted by atomic mass is 10.1. The maximum Gasteiger partial charge on any atom is 0.256 e. The number of fused-ring (bicyclic) bond motifs is 16. The van der Waals surface area contributed by atoms with Gasteiger partial charge < -0.3 is 35.1 Å². The molecule has 11 nitrogen and oxygen atoms in total. The van der Waals surface area contributed by atoms with E-state index in [2.05, 4.69) is 16.0 Å². The maximum absolute atomic E-state index is 15.0. The van der Waals surface area contributed by atoms with E-state index >= 15 is 8.78 Å². The largest absolute Gasteiger partial charge is 0.493 e. The van der Waals surface area contributed by atoms with E-state index < -0.39 is 58.4 Å². The van der Waals surface area contributed by atoms with E-state index in [-0.39, 0.29) is 74.7 Å². The Hall–Kier alpha value is -5.27. The van der Waals surface area contributed by atoms with Gasteiger partial charge in [0.1, 0.15) is 6.04 Å². The first kappa shape index (κ1) is 35.6. The van der Waals surface area contributed by atoms with Gasteiger partial charge in [0, 0.05) is 38.2 Å². The molecule has 0 aromatic heterocycles. The van der Waals surface area contributed by atoms with Crippen LogP contribution < -0.4 is 30.2 Å². The van der Waals surface area contributed by atoms with Gasteiger partial charge in [-0.15, -0.1) is 0 Å². The summed E-state index contributed by atoms with van der Waals surface area (Å²) in [5.41, 5.74) is 0.208. The van der Waals surface area contributed by atoms with Crippen molar-refractivity contribution in [3.63, 3.8) is 0 Å². The summed E-state index contributed by atoms with van der Waals surface area (Å²) >= 11 is 0. The monoisotopic (exact) mass is 670 g/mol. The van der Waals surface area contributed by atoms with Crippen molar-refractivity contribution >= 4 is 23.6 Å².